The highest BCUT2D eigenvalue weighted by Gasteiger charge is 2.39. The monoisotopic (exact) mass is 376 g/mol. The molecule has 0 spiro atoms. The molecule has 2 N–H and O–H groups in total. The Labute approximate surface area is 142 Å². The lowest BCUT2D eigenvalue weighted by Crippen LogP contribution is -2.12. The maximum atomic E-state index is 13.3. The molecule has 1 heterocycles. The average molecular weight is 376 g/mol. The van der Waals surface area contributed by atoms with Gasteiger partial charge < -0.3 is 5.32 Å². The van der Waals surface area contributed by atoms with Crippen molar-refractivity contribution in [2.75, 3.05) is 5.32 Å². The fraction of sp³-hybridized carbons (Fsp3) is 0.267. The smallest absolute Gasteiger partial charge is 0.310 e. The Morgan fingerprint density at radius 3 is 2.38 bits per heavy atom. The molecule has 0 saturated carbocycles. The van der Waals surface area contributed by atoms with Crippen LogP contribution in [0.5, 0.6) is 0 Å². The predicted molar refractivity (Wildman–Crippen MR) is 77.7 cm³/mol. The number of alkyl halides is 6. The van der Waals surface area contributed by atoms with Gasteiger partial charge in [0.1, 0.15) is 23.1 Å². The third-order valence-corrected chi connectivity index (χ3v) is 3.37. The molecule has 2 aromatic rings. The molecule has 2 rings (SSSR count). The first-order valence-electron chi connectivity index (χ1n) is 7.06. The van der Waals surface area contributed by atoms with Gasteiger partial charge in [-0.1, -0.05) is 13.0 Å². The Hall–Kier alpha value is -3.03. The van der Waals surface area contributed by atoms with E-state index in [9.17, 15) is 36.4 Å². The molecule has 0 atom stereocenters. The van der Waals surface area contributed by atoms with Crippen molar-refractivity contribution in [3.8, 4) is 17.3 Å². The zero-order valence-corrected chi connectivity index (χ0v) is 13.0. The standard InChI is InChI=1S/C15H10F6N4O/c1-2-11(26)23-13-9(6-22)12(24-25-13)8-4-3-7(14(16,17)18)5-10(8)15(19,20)21/h3-5H,2H2,1H3,(H2,23,24,25,26). The largest absolute Gasteiger partial charge is 0.417 e. The SMILES string of the molecule is CCC(=O)Nc1[nH]nc(-c2ccc(C(F)(F)F)cc2C(F)(F)F)c1C#N. The van der Waals surface area contributed by atoms with Gasteiger partial charge in [-0.2, -0.15) is 36.7 Å². The molecular weight excluding hydrogens is 366 g/mol. The number of aromatic amines is 1. The fourth-order valence-corrected chi connectivity index (χ4v) is 2.13. The minimum Gasteiger partial charge on any atom is -0.310 e. The van der Waals surface area contributed by atoms with Gasteiger partial charge in [0, 0.05) is 12.0 Å². The summed E-state index contributed by atoms with van der Waals surface area (Å²) >= 11 is 0. The van der Waals surface area contributed by atoms with E-state index in [-0.39, 0.29) is 18.3 Å². The van der Waals surface area contributed by atoms with Crippen LogP contribution in [0.4, 0.5) is 32.2 Å². The van der Waals surface area contributed by atoms with Crippen molar-refractivity contribution in [1.29, 1.82) is 5.26 Å². The summed E-state index contributed by atoms with van der Waals surface area (Å²) in [5.74, 6) is -0.762. The van der Waals surface area contributed by atoms with Crippen LogP contribution in [-0.4, -0.2) is 16.1 Å². The van der Waals surface area contributed by atoms with Crippen LogP contribution in [0.1, 0.15) is 30.0 Å². The van der Waals surface area contributed by atoms with Crippen molar-refractivity contribution < 1.29 is 31.1 Å². The molecule has 0 fully saturated rings. The van der Waals surface area contributed by atoms with E-state index in [0.717, 1.165) is 0 Å². The van der Waals surface area contributed by atoms with Crippen LogP contribution in [-0.2, 0) is 17.1 Å². The Morgan fingerprint density at radius 1 is 1.23 bits per heavy atom. The van der Waals surface area contributed by atoms with Gasteiger partial charge in [0.2, 0.25) is 5.91 Å². The Morgan fingerprint density at radius 2 is 1.88 bits per heavy atom. The van der Waals surface area contributed by atoms with Crippen LogP contribution in [0.2, 0.25) is 0 Å². The normalized spacial score (nSPS) is 11.9. The van der Waals surface area contributed by atoms with Gasteiger partial charge in [0.15, 0.2) is 0 Å². The number of amides is 1. The van der Waals surface area contributed by atoms with Crippen molar-refractivity contribution in [3.63, 3.8) is 0 Å². The summed E-state index contributed by atoms with van der Waals surface area (Å²) in [6.07, 6.45) is -10.1. The third-order valence-electron chi connectivity index (χ3n) is 3.37. The van der Waals surface area contributed by atoms with Crippen molar-refractivity contribution >= 4 is 11.7 Å². The van der Waals surface area contributed by atoms with Crippen molar-refractivity contribution in [3.05, 3.63) is 34.9 Å². The number of H-pyrrole nitrogens is 1. The minimum absolute atomic E-state index is 0.0350. The number of hydrogen-bond acceptors (Lipinski definition) is 3. The number of benzene rings is 1. The van der Waals surface area contributed by atoms with E-state index in [4.69, 9.17) is 0 Å². The van der Waals surface area contributed by atoms with Crippen LogP contribution >= 0.6 is 0 Å². The molecule has 1 amide bonds. The molecule has 0 aliphatic heterocycles. The highest BCUT2D eigenvalue weighted by Crippen LogP contribution is 2.41. The molecule has 1 aromatic carbocycles. The summed E-state index contributed by atoms with van der Waals surface area (Å²) in [5, 5.41) is 17.2. The Bertz CT molecular complexity index is 876. The lowest BCUT2D eigenvalue weighted by Gasteiger charge is -2.15. The summed E-state index contributed by atoms with van der Waals surface area (Å²) in [6.45, 7) is 1.51. The number of hydrogen-bond donors (Lipinski definition) is 2. The second kappa shape index (κ2) is 6.70. The van der Waals surface area contributed by atoms with Crippen LogP contribution in [0.15, 0.2) is 18.2 Å². The molecule has 0 saturated heterocycles. The number of nitrogens with one attached hydrogen (secondary N) is 2. The first-order valence-corrected chi connectivity index (χ1v) is 7.06. The van der Waals surface area contributed by atoms with Gasteiger partial charge in [0.05, 0.1) is 11.1 Å². The van der Waals surface area contributed by atoms with E-state index in [1.165, 1.54) is 6.92 Å². The van der Waals surface area contributed by atoms with Crippen molar-refractivity contribution in [2.45, 2.75) is 25.7 Å². The van der Waals surface area contributed by atoms with Gasteiger partial charge in [0.25, 0.3) is 0 Å². The molecule has 0 bridgehead atoms. The van der Waals surface area contributed by atoms with Gasteiger partial charge in [-0.3, -0.25) is 9.89 Å². The molecule has 138 valence electrons. The van der Waals surface area contributed by atoms with E-state index in [0.29, 0.717) is 12.1 Å². The van der Waals surface area contributed by atoms with Gasteiger partial charge in [-0.05, 0) is 12.1 Å². The molecule has 1 aromatic heterocycles. The first-order chi connectivity index (χ1) is 12.0. The number of nitriles is 1. The van der Waals surface area contributed by atoms with Crippen LogP contribution in [0, 0.1) is 11.3 Å². The van der Waals surface area contributed by atoms with E-state index < -0.39 is 46.2 Å². The number of carbonyl (C=O) groups excluding carboxylic acids is 1. The van der Waals surface area contributed by atoms with E-state index in [1.54, 1.807) is 6.07 Å². The number of halogens is 6. The van der Waals surface area contributed by atoms with E-state index in [2.05, 4.69) is 15.5 Å². The minimum atomic E-state index is -5.12. The maximum absolute atomic E-state index is 13.3. The van der Waals surface area contributed by atoms with E-state index in [1.807, 2.05) is 0 Å². The molecular formula is C15H10F6N4O. The highest BCUT2D eigenvalue weighted by molar-refractivity contribution is 5.92. The summed E-state index contributed by atoms with van der Waals surface area (Å²) < 4.78 is 78.0. The van der Waals surface area contributed by atoms with Crippen LogP contribution in [0.3, 0.4) is 0 Å². The topological polar surface area (TPSA) is 81.6 Å². The number of nitrogens with zero attached hydrogens (tertiary/aromatic N) is 2. The zero-order chi connectivity index (χ0) is 19.7. The zero-order valence-electron chi connectivity index (χ0n) is 13.0. The third kappa shape index (κ3) is 3.79. The summed E-state index contributed by atoms with van der Waals surface area (Å²) in [6, 6.07) is 2.61. The van der Waals surface area contributed by atoms with Gasteiger partial charge >= 0.3 is 12.4 Å². The number of rotatable bonds is 3. The average Bonchev–Trinajstić information content (AvgIpc) is 2.94. The number of anilines is 1. The molecule has 5 nitrogen and oxygen atoms in total. The quantitative estimate of drug-likeness (QED) is 0.782. The van der Waals surface area contributed by atoms with E-state index >= 15 is 0 Å². The predicted octanol–water partition coefficient (Wildman–Crippen LogP) is 4.33. The fourth-order valence-electron chi connectivity index (χ4n) is 2.13. The lowest BCUT2D eigenvalue weighted by molar-refractivity contribution is -0.142. The highest BCUT2D eigenvalue weighted by atomic mass is 19.4. The number of aromatic nitrogens is 2. The molecule has 26 heavy (non-hydrogen) atoms. The second-order valence-electron chi connectivity index (χ2n) is 5.09. The van der Waals surface area contributed by atoms with Gasteiger partial charge in [-0.15, -0.1) is 0 Å². The summed E-state index contributed by atoms with van der Waals surface area (Å²) in [7, 11) is 0. The Balaban J connectivity index is 2.66. The molecule has 0 aliphatic rings. The molecule has 0 unspecified atom stereocenters. The lowest BCUT2D eigenvalue weighted by atomic mass is 9.98. The van der Waals surface area contributed by atoms with Gasteiger partial charge in [-0.25, -0.2) is 0 Å². The van der Waals surface area contributed by atoms with Crippen LogP contribution in [0.25, 0.3) is 11.3 Å². The van der Waals surface area contributed by atoms with Crippen molar-refractivity contribution in [2.24, 2.45) is 0 Å². The molecule has 11 heteroatoms. The van der Waals surface area contributed by atoms with Crippen LogP contribution < -0.4 is 5.32 Å². The summed E-state index contributed by atoms with van der Waals surface area (Å²) in [4.78, 5) is 11.4. The van der Waals surface area contributed by atoms with Crippen molar-refractivity contribution in [1.82, 2.24) is 10.2 Å². The first kappa shape index (κ1) is 19.3. The Kier molecular flexibility index (Phi) is 4.97. The molecule has 0 radical (unpaired) electrons. The second-order valence-corrected chi connectivity index (χ2v) is 5.09. The molecule has 0 aliphatic carbocycles. The summed E-state index contributed by atoms with van der Waals surface area (Å²) in [5.41, 5.74) is -4.72. The number of carbonyl (C=O) groups is 1. The maximum Gasteiger partial charge on any atom is 0.417 e.